The average Bonchev–Trinajstić information content (AvgIpc) is 2.17. The number of nitrogens with zero attached hydrogens (tertiary/aromatic N) is 2. The molecule has 1 aromatic heterocycles. The molecule has 0 aromatic carbocycles. The van der Waals surface area contributed by atoms with E-state index >= 15 is 0 Å². The van der Waals surface area contributed by atoms with Crippen molar-refractivity contribution in [3.05, 3.63) is 23.8 Å². The minimum Gasteiger partial charge on any atom is -0.373 e. The van der Waals surface area contributed by atoms with Crippen molar-refractivity contribution < 1.29 is 4.74 Å². The minimum atomic E-state index is -0.107. The van der Waals surface area contributed by atoms with Crippen LogP contribution in [0.15, 0.2) is 12.3 Å². The summed E-state index contributed by atoms with van der Waals surface area (Å²) in [4.78, 5) is 8.60. The lowest BCUT2D eigenvalue weighted by atomic mass is 9.88. The Morgan fingerprint density at radius 1 is 1.47 bits per heavy atom. The summed E-state index contributed by atoms with van der Waals surface area (Å²) >= 11 is 0. The van der Waals surface area contributed by atoms with Crippen LogP contribution < -0.4 is 5.73 Å². The summed E-state index contributed by atoms with van der Waals surface area (Å²) in [5.41, 5.74) is 6.35. The molecular formula is C11H19N3O. The molecule has 0 saturated carbocycles. The smallest absolute Gasteiger partial charge is 0.157 e. The number of rotatable bonds is 3. The van der Waals surface area contributed by atoms with Gasteiger partial charge in [0.2, 0.25) is 0 Å². The number of nitrogens with two attached hydrogens (primary N) is 1. The summed E-state index contributed by atoms with van der Waals surface area (Å²) in [6.45, 7) is 6.72. The van der Waals surface area contributed by atoms with Crippen LogP contribution in [0.2, 0.25) is 0 Å². The molecule has 0 aliphatic heterocycles. The van der Waals surface area contributed by atoms with Crippen LogP contribution >= 0.6 is 0 Å². The number of methoxy groups -OCH3 is 1. The van der Waals surface area contributed by atoms with Crippen LogP contribution in [-0.4, -0.2) is 17.1 Å². The summed E-state index contributed by atoms with van der Waals surface area (Å²) in [7, 11) is 1.67. The summed E-state index contributed by atoms with van der Waals surface area (Å²) in [5.74, 6) is 0.702. The van der Waals surface area contributed by atoms with Crippen molar-refractivity contribution in [1.29, 1.82) is 0 Å². The molecule has 0 aliphatic rings. The lowest BCUT2D eigenvalue weighted by Crippen LogP contribution is -2.23. The first-order valence-electron chi connectivity index (χ1n) is 5.03. The Morgan fingerprint density at radius 2 is 2.13 bits per heavy atom. The molecule has 0 saturated heterocycles. The second-order valence-corrected chi connectivity index (χ2v) is 4.59. The Bertz CT molecular complexity index is 320. The standard InChI is InChI=1S/C11H19N3O/c1-11(2,3)9(15-4)10-13-6-5-8(7-12)14-10/h5-6,9H,7,12H2,1-4H3. The van der Waals surface area contributed by atoms with E-state index in [9.17, 15) is 0 Å². The van der Waals surface area contributed by atoms with Gasteiger partial charge in [-0.05, 0) is 11.5 Å². The Balaban J connectivity index is 3.02. The summed E-state index contributed by atoms with van der Waals surface area (Å²) < 4.78 is 5.43. The fourth-order valence-corrected chi connectivity index (χ4v) is 1.50. The molecule has 1 aromatic rings. The van der Waals surface area contributed by atoms with Gasteiger partial charge in [0.05, 0.1) is 5.69 Å². The van der Waals surface area contributed by atoms with Crippen molar-refractivity contribution in [3.8, 4) is 0 Å². The molecule has 1 atom stereocenters. The van der Waals surface area contributed by atoms with E-state index in [0.717, 1.165) is 5.69 Å². The molecule has 0 amide bonds. The van der Waals surface area contributed by atoms with Gasteiger partial charge in [-0.25, -0.2) is 9.97 Å². The molecule has 1 unspecified atom stereocenters. The zero-order chi connectivity index (χ0) is 11.5. The zero-order valence-corrected chi connectivity index (χ0v) is 9.82. The van der Waals surface area contributed by atoms with Crippen LogP contribution in [0.4, 0.5) is 0 Å². The van der Waals surface area contributed by atoms with Crippen LogP contribution in [0.5, 0.6) is 0 Å². The number of aromatic nitrogens is 2. The third-order valence-corrected chi connectivity index (χ3v) is 2.20. The molecule has 2 N–H and O–H groups in total. The van der Waals surface area contributed by atoms with Gasteiger partial charge in [-0.1, -0.05) is 20.8 Å². The SMILES string of the molecule is COC(c1nccc(CN)n1)C(C)(C)C. The molecule has 0 spiro atoms. The van der Waals surface area contributed by atoms with Crippen LogP contribution in [0.1, 0.15) is 38.4 Å². The van der Waals surface area contributed by atoms with E-state index in [1.54, 1.807) is 13.3 Å². The largest absolute Gasteiger partial charge is 0.373 e. The van der Waals surface area contributed by atoms with Crippen LogP contribution in [0.3, 0.4) is 0 Å². The Morgan fingerprint density at radius 3 is 2.60 bits per heavy atom. The maximum absolute atomic E-state index is 5.54. The second-order valence-electron chi connectivity index (χ2n) is 4.59. The summed E-state index contributed by atoms with van der Waals surface area (Å²) in [6.07, 6.45) is 1.62. The molecule has 84 valence electrons. The fraction of sp³-hybridized carbons (Fsp3) is 0.636. The highest BCUT2D eigenvalue weighted by Gasteiger charge is 2.28. The third kappa shape index (κ3) is 2.97. The van der Waals surface area contributed by atoms with Gasteiger partial charge in [-0.3, -0.25) is 0 Å². The van der Waals surface area contributed by atoms with Gasteiger partial charge < -0.3 is 10.5 Å². The van der Waals surface area contributed by atoms with Crippen LogP contribution in [-0.2, 0) is 11.3 Å². The lowest BCUT2D eigenvalue weighted by Gasteiger charge is -2.28. The maximum Gasteiger partial charge on any atom is 0.157 e. The van der Waals surface area contributed by atoms with E-state index in [1.165, 1.54) is 0 Å². The van der Waals surface area contributed by atoms with E-state index in [4.69, 9.17) is 10.5 Å². The van der Waals surface area contributed by atoms with Gasteiger partial charge in [0, 0.05) is 19.9 Å². The van der Waals surface area contributed by atoms with E-state index in [0.29, 0.717) is 12.4 Å². The highest BCUT2D eigenvalue weighted by molar-refractivity contribution is 5.05. The van der Waals surface area contributed by atoms with Gasteiger partial charge >= 0.3 is 0 Å². The predicted molar refractivity (Wildman–Crippen MR) is 59.1 cm³/mol. The van der Waals surface area contributed by atoms with Gasteiger partial charge in [0.15, 0.2) is 5.82 Å². The maximum atomic E-state index is 5.54. The van der Waals surface area contributed by atoms with E-state index in [-0.39, 0.29) is 11.5 Å². The molecule has 0 bridgehead atoms. The lowest BCUT2D eigenvalue weighted by molar-refractivity contribution is 0.00850. The normalized spacial score (nSPS) is 13.9. The van der Waals surface area contributed by atoms with Gasteiger partial charge in [0.25, 0.3) is 0 Å². The Hall–Kier alpha value is -1.00. The number of hydrogen-bond acceptors (Lipinski definition) is 4. The van der Waals surface area contributed by atoms with Crippen LogP contribution in [0, 0.1) is 5.41 Å². The molecule has 0 radical (unpaired) electrons. The van der Waals surface area contributed by atoms with Crippen molar-refractivity contribution in [2.24, 2.45) is 11.1 Å². The number of ether oxygens (including phenoxy) is 1. The highest BCUT2D eigenvalue weighted by Crippen LogP contribution is 2.33. The monoisotopic (exact) mass is 209 g/mol. The van der Waals surface area contributed by atoms with Gasteiger partial charge in [-0.15, -0.1) is 0 Å². The fourth-order valence-electron chi connectivity index (χ4n) is 1.50. The van der Waals surface area contributed by atoms with Crippen LogP contribution in [0.25, 0.3) is 0 Å². The summed E-state index contributed by atoms with van der Waals surface area (Å²) in [5, 5.41) is 0. The molecule has 4 nitrogen and oxygen atoms in total. The molecule has 1 rings (SSSR count). The average molecular weight is 209 g/mol. The predicted octanol–water partition coefficient (Wildman–Crippen LogP) is 1.67. The minimum absolute atomic E-state index is 0.0258. The van der Waals surface area contributed by atoms with Gasteiger partial charge in [-0.2, -0.15) is 0 Å². The molecule has 0 aliphatic carbocycles. The van der Waals surface area contributed by atoms with E-state index in [2.05, 4.69) is 30.7 Å². The van der Waals surface area contributed by atoms with Crippen molar-refractivity contribution in [2.45, 2.75) is 33.4 Å². The molecule has 15 heavy (non-hydrogen) atoms. The van der Waals surface area contributed by atoms with Crippen molar-refractivity contribution >= 4 is 0 Å². The quantitative estimate of drug-likeness (QED) is 0.822. The van der Waals surface area contributed by atoms with Crippen molar-refractivity contribution in [2.75, 3.05) is 7.11 Å². The van der Waals surface area contributed by atoms with Gasteiger partial charge in [0.1, 0.15) is 6.10 Å². The molecule has 0 fully saturated rings. The van der Waals surface area contributed by atoms with Crippen molar-refractivity contribution in [1.82, 2.24) is 9.97 Å². The molecular weight excluding hydrogens is 190 g/mol. The van der Waals surface area contributed by atoms with E-state index < -0.39 is 0 Å². The first-order chi connectivity index (χ1) is 6.99. The molecule has 1 heterocycles. The Kier molecular flexibility index (Phi) is 3.77. The zero-order valence-electron chi connectivity index (χ0n) is 9.82. The Labute approximate surface area is 90.9 Å². The summed E-state index contributed by atoms with van der Waals surface area (Å²) in [6, 6.07) is 1.82. The number of hydrogen-bond donors (Lipinski definition) is 1. The first-order valence-corrected chi connectivity index (χ1v) is 5.03. The third-order valence-electron chi connectivity index (χ3n) is 2.20. The van der Waals surface area contributed by atoms with Crippen molar-refractivity contribution in [3.63, 3.8) is 0 Å². The first kappa shape index (κ1) is 12.1. The highest BCUT2D eigenvalue weighted by atomic mass is 16.5. The molecule has 4 heteroatoms. The topological polar surface area (TPSA) is 61.0 Å². The second kappa shape index (κ2) is 4.68. The van der Waals surface area contributed by atoms with E-state index in [1.807, 2.05) is 6.07 Å².